The Morgan fingerprint density at radius 1 is 1.38 bits per heavy atom. The molecule has 1 aromatic rings. The topological polar surface area (TPSA) is 106 Å². The molecule has 110 valence electrons. The summed E-state index contributed by atoms with van der Waals surface area (Å²) in [6.07, 6.45) is 2.22. The van der Waals surface area contributed by atoms with Crippen LogP contribution in [0.5, 0.6) is 0 Å². The summed E-state index contributed by atoms with van der Waals surface area (Å²) in [7, 11) is 0. The Morgan fingerprint density at radius 3 is 2.67 bits per heavy atom. The monoisotopic (exact) mass is 288 g/mol. The van der Waals surface area contributed by atoms with E-state index in [9.17, 15) is 9.59 Å². The number of nitrogens with zero attached hydrogens (tertiary/aromatic N) is 1. The van der Waals surface area contributed by atoms with E-state index in [-0.39, 0.29) is 5.91 Å². The summed E-state index contributed by atoms with van der Waals surface area (Å²) in [5, 5.41) is 4.01. The fourth-order valence-electron chi connectivity index (χ4n) is 1.74. The van der Waals surface area contributed by atoms with Crippen LogP contribution in [0.2, 0.25) is 0 Å². The number of carbonyl (C=O) groups is 2. The molecule has 0 fully saturated rings. The molecule has 1 aromatic carbocycles. The van der Waals surface area contributed by atoms with Gasteiger partial charge in [-0.1, -0.05) is 12.1 Å². The SMILES string of the molecule is C/C(N)=C/C(=O)ONc1ccc(C2=NNC(=O)CC2)cc1. The molecule has 0 radical (unpaired) electrons. The van der Waals surface area contributed by atoms with E-state index in [4.69, 9.17) is 10.6 Å². The molecule has 1 heterocycles. The van der Waals surface area contributed by atoms with Crippen molar-refractivity contribution in [3.63, 3.8) is 0 Å². The highest BCUT2D eigenvalue weighted by molar-refractivity contribution is 6.04. The fourth-order valence-corrected chi connectivity index (χ4v) is 1.74. The molecule has 1 amide bonds. The first-order valence-corrected chi connectivity index (χ1v) is 6.41. The number of hydrazone groups is 1. The lowest BCUT2D eigenvalue weighted by molar-refractivity contribution is -0.135. The Kier molecular flexibility index (Phi) is 4.55. The molecule has 7 nitrogen and oxygen atoms in total. The normalized spacial score (nSPS) is 15.0. The molecule has 0 aromatic heterocycles. The van der Waals surface area contributed by atoms with Crippen molar-refractivity contribution in [1.82, 2.24) is 5.43 Å². The summed E-state index contributed by atoms with van der Waals surface area (Å²) < 4.78 is 0. The quantitative estimate of drug-likeness (QED) is 0.567. The van der Waals surface area contributed by atoms with Gasteiger partial charge in [-0.25, -0.2) is 15.7 Å². The van der Waals surface area contributed by atoms with Crippen molar-refractivity contribution < 1.29 is 14.4 Å². The van der Waals surface area contributed by atoms with Crippen molar-refractivity contribution >= 4 is 23.3 Å². The number of allylic oxidation sites excluding steroid dienone is 1. The lowest BCUT2D eigenvalue weighted by atomic mass is 10.0. The van der Waals surface area contributed by atoms with Gasteiger partial charge in [0.2, 0.25) is 5.91 Å². The van der Waals surface area contributed by atoms with E-state index in [1.807, 2.05) is 12.1 Å². The number of nitrogens with two attached hydrogens (primary N) is 1. The fraction of sp³-hybridized carbons (Fsp3) is 0.214. The maximum atomic E-state index is 11.3. The molecule has 0 unspecified atom stereocenters. The van der Waals surface area contributed by atoms with Gasteiger partial charge in [-0.3, -0.25) is 4.79 Å². The molecule has 0 saturated heterocycles. The number of amides is 1. The lowest BCUT2D eigenvalue weighted by Crippen LogP contribution is -2.25. The van der Waals surface area contributed by atoms with Crippen molar-refractivity contribution in [2.24, 2.45) is 10.8 Å². The van der Waals surface area contributed by atoms with Crippen molar-refractivity contribution in [3.8, 4) is 0 Å². The second-order valence-corrected chi connectivity index (χ2v) is 4.58. The third-order valence-electron chi connectivity index (χ3n) is 2.74. The van der Waals surface area contributed by atoms with Gasteiger partial charge in [0.25, 0.3) is 0 Å². The van der Waals surface area contributed by atoms with Crippen LogP contribution in [0.15, 0.2) is 41.1 Å². The lowest BCUT2D eigenvalue weighted by Gasteiger charge is -2.12. The van der Waals surface area contributed by atoms with Crippen LogP contribution in [-0.2, 0) is 14.4 Å². The molecule has 0 atom stereocenters. The average molecular weight is 288 g/mol. The van der Waals surface area contributed by atoms with E-state index < -0.39 is 5.97 Å². The van der Waals surface area contributed by atoms with Gasteiger partial charge in [0.05, 0.1) is 11.4 Å². The van der Waals surface area contributed by atoms with E-state index in [1.165, 1.54) is 6.08 Å². The molecule has 7 heteroatoms. The van der Waals surface area contributed by atoms with Gasteiger partial charge < -0.3 is 10.6 Å². The number of nitrogens with one attached hydrogen (secondary N) is 2. The number of hydrogen-bond acceptors (Lipinski definition) is 6. The first-order valence-electron chi connectivity index (χ1n) is 6.41. The molecular weight excluding hydrogens is 272 g/mol. The molecule has 0 spiro atoms. The maximum Gasteiger partial charge on any atom is 0.357 e. The minimum atomic E-state index is -0.571. The Bertz CT molecular complexity index is 601. The third-order valence-corrected chi connectivity index (χ3v) is 2.74. The van der Waals surface area contributed by atoms with Gasteiger partial charge in [0.1, 0.15) is 0 Å². The maximum absolute atomic E-state index is 11.3. The number of anilines is 1. The summed E-state index contributed by atoms with van der Waals surface area (Å²) in [5.41, 5.74) is 13.1. The standard InChI is InChI=1S/C14H16N4O3/c1-9(15)8-14(20)21-18-11-4-2-10(3-5-11)12-6-7-13(19)17-16-12/h2-5,8,18H,6-7,15H2,1H3,(H,17,19)/b9-8-. The molecule has 0 saturated carbocycles. The van der Waals surface area contributed by atoms with E-state index in [2.05, 4.69) is 16.0 Å². The molecule has 21 heavy (non-hydrogen) atoms. The van der Waals surface area contributed by atoms with Crippen LogP contribution in [0.4, 0.5) is 5.69 Å². The predicted octanol–water partition coefficient (Wildman–Crippen LogP) is 1.03. The molecule has 0 aliphatic carbocycles. The van der Waals surface area contributed by atoms with Crippen LogP contribution < -0.4 is 16.6 Å². The molecule has 1 aliphatic rings. The number of hydrogen-bond donors (Lipinski definition) is 3. The van der Waals surface area contributed by atoms with E-state index >= 15 is 0 Å². The van der Waals surface area contributed by atoms with E-state index in [1.54, 1.807) is 19.1 Å². The van der Waals surface area contributed by atoms with Crippen LogP contribution in [-0.4, -0.2) is 17.6 Å². The number of rotatable bonds is 4. The van der Waals surface area contributed by atoms with E-state index in [0.717, 1.165) is 11.3 Å². The first kappa shape index (κ1) is 14.6. The highest BCUT2D eigenvalue weighted by atomic mass is 16.7. The Labute approximate surface area is 121 Å². The molecule has 2 rings (SSSR count). The summed E-state index contributed by atoms with van der Waals surface area (Å²) in [5.74, 6) is -0.648. The van der Waals surface area contributed by atoms with Crippen LogP contribution >= 0.6 is 0 Å². The number of benzene rings is 1. The van der Waals surface area contributed by atoms with Crippen LogP contribution in [0.25, 0.3) is 0 Å². The van der Waals surface area contributed by atoms with Gasteiger partial charge >= 0.3 is 5.97 Å². The zero-order valence-electron chi connectivity index (χ0n) is 11.6. The predicted molar refractivity (Wildman–Crippen MR) is 78.0 cm³/mol. The van der Waals surface area contributed by atoms with Crippen LogP contribution in [0.3, 0.4) is 0 Å². The number of carbonyl (C=O) groups excluding carboxylic acids is 2. The van der Waals surface area contributed by atoms with Crippen molar-refractivity contribution in [3.05, 3.63) is 41.6 Å². The van der Waals surface area contributed by atoms with Crippen LogP contribution in [0, 0.1) is 0 Å². The summed E-state index contributed by atoms with van der Waals surface area (Å²) >= 11 is 0. The second-order valence-electron chi connectivity index (χ2n) is 4.58. The Hall–Kier alpha value is -2.83. The molecular formula is C14H16N4O3. The van der Waals surface area contributed by atoms with Gasteiger partial charge in [-0.15, -0.1) is 0 Å². The van der Waals surface area contributed by atoms with Crippen molar-refractivity contribution in [2.45, 2.75) is 19.8 Å². The third kappa shape index (κ3) is 4.34. The summed E-state index contributed by atoms with van der Waals surface area (Å²) in [4.78, 5) is 27.1. The highest BCUT2D eigenvalue weighted by Crippen LogP contribution is 2.14. The molecule has 1 aliphatic heterocycles. The van der Waals surface area contributed by atoms with Gasteiger partial charge in [0.15, 0.2) is 0 Å². The second kappa shape index (κ2) is 6.56. The Morgan fingerprint density at radius 2 is 2.10 bits per heavy atom. The van der Waals surface area contributed by atoms with Crippen molar-refractivity contribution in [1.29, 1.82) is 0 Å². The minimum Gasteiger partial charge on any atom is -0.402 e. The zero-order valence-corrected chi connectivity index (χ0v) is 11.6. The zero-order chi connectivity index (χ0) is 15.2. The largest absolute Gasteiger partial charge is 0.402 e. The summed E-state index contributed by atoms with van der Waals surface area (Å²) in [6.45, 7) is 1.60. The summed E-state index contributed by atoms with van der Waals surface area (Å²) in [6, 6.07) is 7.16. The first-order chi connectivity index (χ1) is 10.0. The Balaban J connectivity index is 1.95. The smallest absolute Gasteiger partial charge is 0.357 e. The van der Waals surface area contributed by atoms with Gasteiger partial charge in [-0.05, 0) is 24.6 Å². The van der Waals surface area contributed by atoms with Crippen LogP contribution in [0.1, 0.15) is 25.3 Å². The van der Waals surface area contributed by atoms with Gasteiger partial charge in [0, 0.05) is 24.6 Å². The highest BCUT2D eigenvalue weighted by Gasteiger charge is 2.12. The van der Waals surface area contributed by atoms with Crippen molar-refractivity contribution in [2.75, 3.05) is 5.48 Å². The van der Waals surface area contributed by atoms with E-state index in [0.29, 0.717) is 24.2 Å². The van der Waals surface area contributed by atoms with Gasteiger partial charge in [-0.2, -0.15) is 5.10 Å². The minimum absolute atomic E-state index is 0.0767. The molecule has 0 bridgehead atoms. The average Bonchev–Trinajstić information content (AvgIpc) is 2.46. The molecule has 4 N–H and O–H groups in total.